The zero-order valence-corrected chi connectivity index (χ0v) is 13.7. The Morgan fingerprint density at radius 1 is 1.25 bits per heavy atom. The van der Waals surface area contributed by atoms with E-state index in [1.165, 1.54) is 11.3 Å². The Bertz CT molecular complexity index is 1030. The van der Waals surface area contributed by atoms with Gasteiger partial charge in [0, 0.05) is 21.5 Å². The second-order valence-corrected chi connectivity index (χ2v) is 6.77. The normalized spacial score (nSPS) is 13.8. The lowest BCUT2D eigenvalue weighted by molar-refractivity contribution is 0.605. The number of hydrogen-bond acceptors (Lipinski definition) is 5. The maximum Gasteiger partial charge on any atom is 0.153 e. The van der Waals surface area contributed by atoms with Gasteiger partial charge in [0.25, 0.3) is 0 Å². The summed E-state index contributed by atoms with van der Waals surface area (Å²) in [5, 5.41) is 10.2. The summed E-state index contributed by atoms with van der Waals surface area (Å²) >= 11 is 1.40. The van der Waals surface area contributed by atoms with Gasteiger partial charge in [-0.3, -0.25) is 5.41 Å². The van der Waals surface area contributed by atoms with Crippen LogP contribution in [0.3, 0.4) is 0 Å². The topological polar surface area (TPSA) is 89.0 Å². The maximum atomic E-state index is 8.64. The monoisotopic (exact) mass is 333 g/mol. The molecule has 4 nitrogen and oxygen atoms in total. The van der Waals surface area contributed by atoms with E-state index in [1.807, 2.05) is 30.3 Å². The number of allylic oxidation sites excluding steroid dienone is 2. The van der Waals surface area contributed by atoms with Crippen LogP contribution < -0.4 is 11.5 Å². The average Bonchev–Trinajstić information content (AvgIpc) is 3.14. The first-order valence-corrected chi connectivity index (χ1v) is 8.36. The smallest absolute Gasteiger partial charge is 0.153 e. The molecule has 24 heavy (non-hydrogen) atoms. The molecule has 0 aliphatic heterocycles. The molecule has 2 heterocycles. The Kier molecular flexibility index (Phi) is 3.22. The number of para-hydroxylation sites is 1. The van der Waals surface area contributed by atoms with Crippen molar-refractivity contribution in [3.63, 3.8) is 0 Å². The zero-order valence-electron chi connectivity index (χ0n) is 12.8. The predicted octanol–water partition coefficient (Wildman–Crippen LogP) is 3.74. The Morgan fingerprint density at radius 3 is 2.79 bits per heavy atom. The van der Waals surface area contributed by atoms with Crippen molar-refractivity contribution in [2.75, 3.05) is 5.73 Å². The molecule has 0 spiro atoms. The average molecular weight is 333 g/mol. The van der Waals surface area contributed by atoms with Crippen LogP contribution in [0.25, 0.3) is 16.5 Å². The van der Waals surface area contributed by atoms with E-state index in [4.69, 9.17) is 27.7 Å². The minimum absolute atomic E-state index is 0.273. The number of benzene rings is 1. The van der Waals surface area contributed by atoms with E-state index in [9.17, 15) is 0 Å². The number of nitrogen functional groups attached to an aromatic ring is 1. The Balaban J connectivity index is 1.86. The van der Waals surface area contributed by atoms with Gasteiger partial charge in [-0.1, -0.05) is 24.1 Å². The SMILES string of the molecule is C#Cc1c(N)sc2c1CCC(N)=C2C(=N)c1cc2ccccc2o1. The highest BCUT2D eigenvalue weighted by molar-refractivity contribution is 7.17. The molecule has 0 amide bonds. The first-order chi connectivity index (χ1) is 11.6. The van der Waals surface area contributed by atoms with Crippen molar-refractivity contribution in [3.05, 3.63) is 57.8 Å². The first-order valence-electron chi connectivity index (χ1n) is 7.54. The maximum absolute atomic E-state index is 8.64. The number of terminal acetylenes is 1. The van der Waals surface area contributed by atoms with Crippen LogP contribution in [0.5, 0.6) is 0 Å². The highest BCUT2D eigenvalue weighted by Gasteiger charge is 2.28. The molecule has 4 rings (SSSR count). The second-order valence-electron chi connectivity index (χ2n) is 5.72. The minimum Gasteiger partial charge on any atom is -0.454 e. The third-order valence-corrected chi connectivity index (χ3v) is 5.37. The quantitative estimate of drug-likeness (QED) is 0.493. The highest BCUT2D eigenvalue weighted by Crippen LogP contribution is 2.42. The summed E-state index contributed by atoms with van der Waals surface area (Å²) in [6, 6.07) is 9.56. The van der Waals surface area contributed by atoms with Crippen molar-refractivity contribution < 1.29 is 4.42 Å². The molecule has 118 valence electrons. The van der Waals surface area contributed by atoms with E-state index in [1.54, 1.807) is 0 Å². The van der Waals surface area contributed by atoms with E-state index in [-0.39, 0.29) is 5.71 Å². The van der Waals surface area contributed by atoms with Gasteiger partial charge < -0.3 is 15.9 Å². The summed E-state index contributed by atoms with van der Waals surface area (Å²) in [5.74, 6) is 3.16. The summed E-state index contributed by atoms with van der Waals surface area (Å²) in [5.41, 5.74) is 16.4. The van der Waals surface area contributed by atoms with Gasteiger partial charge in [0.15, 0.2) is 5.76 Å². The van der Waals surface area contributed by atoms with Gasteiger partial charge in [-0.05, 0) is 30.5 Å². The zero-order chi connectivity index (χ0) is 16.8. The third kappa shape index (κ3) is 2.04. The van der Waals surface area contributed by atoms with Crippen LogP contribution in [0.2, 0.25) is 0 Å². The van der Waals surface area contributed by atoms with Crippen molar-refractivity contribution in [2.45, 2.75) is 12.8 Å². The molecule has 1 aliphatic carbocycles. The fraction of sp³-hybridized carbons (Fsp3) is 0.105. The standard InChI is InChI=1S/C19H15N3OS/c1-2-11-12-7-8-13(20)16(18(12)24-19(11)22)17(21)15-9-10-5-3-4-6-14(10)23-15/h1,3-6,9,21H,7-8,20,22H2. The number of rotatable bonds is 2. The van der Waals surface area contributed by atoms with Crippen molar-refractivity contribution in [1.29, 1.82) is 5.41 Å². The van der Waals surface area contributed by atoms with Crippen molar-refractivity contribution >= 4 is 38.6 Å². The first kappa shape index (κ1) is 14.6. The molecule has 5 heteroatoms. The molecule has 1 aromatic carbocycles. The molecule has 0 saturated heterocycles. The van der Waals surface area contributed by atoms with Crippen LogP contribution in [-0.4, -0.2) is 5.71 Å². The number of anilines is 1. The molecule has 0 fully saturated rings. The lowest BCUT2D eigenvalue weighted by Crippen LogP contribution is -2.15. The second kappa shape index (κ2) is 5.29. The van der Waals surface area contributed by atoms with Gasteiger partial charge in [0.05, 0.1) is 5.56 Å². The van der Waals surface area contributed by atoms with Crippen LogP contribution in [0.15, 0.2) is 40.4 Å². The van der Waals surface area contributed by atoms with E-state index in [0.29, 0.717) is 28.5 Å². The van der Waals surface area contributed by atoms with E-state index < -0.39 is 0 Å². The number of thiophene rings is 1. The summed E-state index contributed by atoms with van der Waals surface area (Å²) < 4.78 is 5.83. The number of fused-ring (bicyclic) bond motifs is 2. The molecular formula is C19H15N3OS. The van der Waals surface area contributed by atoms with Gasteiger partial charge in [0.1, 0.15) is 16.3 Å². The van der Waals surface area contributed by atoms with E-state index in [2.05, 4.69) is 5.92 Å². The molecule has 0 radical (unpaired) electrons. The van der Waals surface area contributed by atoms with Crippen LogP contribution in [0, 0.1) is 17.8 Å². The van der Waals surface area contributed by atoms with Gasteiger partial charge in [-0.25, -0.2) is 0 Å². The van der Waals surface area contributed by atoms with Gasteiger partial charge in [-0.15, -0.1) is 17.8 Å². The molecule has 1 aliphatic rings. The molecule has 0 bridgehead atoms. The van der Waals surface area contributed by atoms with Gasteiger partial charge in [0.2, 0.25) is 0 Å². The van der Waals surface area contributed by atoms with Crippen LogP contribution in [-0.2, 0) is 6.42 Å². The summed E-state index contributed by atoms with van der Waals surface area (Å²) in [7, 11) is 0. The minimum atomic E-state index is 0.273. The van der Waals surface area contributed by atoms with Crippen molar-refractivity contribution in [1.82, 2.24) is 0 Å². The lowest BCUT2D eigenvalue weighted by atomic mass is 9.90. The highest BCUT2D eigenvalue weighted by atomic mass is 32.1. The molecule has 0 saturated carbocycles. The Morgan fingerprint density at radius 2 is 2.04 bits per heavy atom. The summed E-state index contributed by atoms with van der Waals surface area (Å²) in [6.07, 6.45) is 7.01. The van der Waals surface area contributed by atoms with Crippen LogP contribution >= 0.6 is 11.3 Å². The number of furan rings is 1. The molecule has 5 N–H and O–H groups in total. The molecule has 0 atom stereocenters. The summed E-state index contributed by atoms with van der Waals surface area (Å²) in [6.45, 7) is 0. The number of hydrogen-bond donors (Lipinski definition) is 3. The number of nitrogens with one attached hydrogen (secondary N) is 1. The Labute approximate surface area is 143 Å². The largest absolute Gasteiger partial charge is 0.454 e. The van der Waals surface area contributed by atoms with Crippen molar-refractivity contribution in [2.24, 2.45) is 5.73 Å². The molecule has 0 unspecified atom stereocenters. The summed E-state index contributed by atoms with van der Waals surface area (Å²) in [4.78, 5) is 0.898. The molecular weight excluding hydrogens is 318 g/mol. The predicted molar refractivity (Wildman–Crippen MR) is 99.1 cm³/mol. The lowest BCUT2D eigenvalue weighted by Gasteiger charge is -2.18. The van der Waals surface area contributed by atoms with E-state index in [0.717, 1.165) is 33.4 Å². The van der Waals surface area contributed by atoms with Crippen molar-refractivity contribution in [3.8, 4) is 12.3 Å². The third-order valence-electron chi connectivity index (χ3n) is 4.29. The van der Waals surface area contributed by atoms with Crippen LogP contribution in [0.1, 0.15) is 28.2 Å². The molecule has 2 aromatic heterocycles. The fourth-order valence-corrected chi connectivity index (χ4v) is 4.28. The van der Waals surface area contributed by atoms with Crippen LogP contribution in [0.4, 0.5) is 5.00 Å². The Hall–Kier alpha value is -2.97. The van der Waals surface area contributed by atoms with Gasteiger partial charge in [-0.2, -0.15) is 0 Å². The molecule has 3 aromatic rings. The number of nitrogens with two attached hydrogens (primary N) is 2. The van der Waals surface area contributed by atoms with E-state index >= 15 is 0 Å². The van der Waals surface area contributed by atoms with Gasteiger partial charge >= 0.3 is 0 Å². The fourth-order valence-electron chi connectivity index (χ4n) is 3.12.